The maximum Gasteiger partial charge on any atom is 0.138 e. The summed E-state index contributed by atoms with van der Waals surface area (Å²) < 4.78 is 11.5. The fourth-order valence-electron chi connectivity index (χ4n) is 1.94. The van der Waals surface area contributed by atoms with E-state index in [-0.39, 0.29) is 11.7 Å². The van der Waals surface area contributed by atoms with Crippen LogP contribution in [0.25, 0.3) is 0 Å². The predicted molar refractivity (Wildman–Crippen MR) is 65.1 cm³/mol. The van der Waals surface area contributed by atoms with E-state index in [0.29, 0.717) is 11.6 Å². The van der Waals surface area contributed by atoms with Crippen molar-refractivity contribution in [3.05, 3.63) is 29.3 Å². The van der Waals surface area contributed by atoms with Crippen LogP contribution < -0.4 is 4.74 Å². The van der Waals surface area contributed by atoms with Gasteiger partial charge in [0.05, 0.1) is 16.7 Å². The Labute approximate surface area is 102 Å². The highest BCUT2D eigenvalue weighted by Gasteiger charge is 2.31. The molecule has 16 heavy (non-hydrogen) atoms. The number of halogens is 1. The third-order valence-corrected chi connectivity index (χ3v) is 3.13. The zero-order chi connectivity index (χ0) is 11.6. The second kappa shape index (κ2) is 4.64. The van der Waals surface area contributed by atoms with Crippen LogP contribution in [0.4, 0.5) is 0 Å². The van der Waals surface area contributed by atoms with Crippen LogP contribution in [0.1, 0.15) is 26.7 Å². The van der Waals surface area contributed by atoms with Crippen molar-refractivity contribution in [3.8, 4) is 5.75 Å². The minimum absolute atomic E-state index is 0.00545. The monoisotopic (exact) mass is 240 g/mol. The molecule has 1 aromatic carbocycles. The van der Waals surface area contributed by atoms with Crippen LogP contribution in [0.2, 0.25) is 5.02 Å². The summed E-state index contributed by atoms with van der Waals surface area (Å²) in [6.07, 6.45) is 2.33. The van der Waals surface area contributed by atoms with Gasteiger partial charge in [0.25, 0.3) is 0 Å². The quantitative estimate of drug-likeness (QED) is 0.803. The molecular weight excluding hydrogens is 224 g/mol. The van der Waals surface area contributed by atoms with Gasteiger partial charge in [-0.15, -0.1) is 0 Å². The highest BCUT2D eigenvalue weighted by atomic mass is 35.5. The number of para-hydroxylation sites is 1. The lowest BCUT2D eigenvalue weighted by Gasteiger charge is -2.19. The average Bonchev–Trinajstić information content (AvgIpc) is 2.57. The van der Waals surface area contributed by atoms with Gasteiger partial charge in [-0.25, -0.2) is 0 Å². The minimum atomic E-state index is -0.00545. The molecule has 3 heteroatoms. The number of hydrogen-bond acceptors (Lipinski definition) is 2. The molecule has 1 aliphatic rings. The summed E-state index contributed by atoms with van der Waals surface area (Å²) in [5, 5.41) is 0.653. The number of benzene rings is 1. The van der Waals surface area contributed by atoms with Crippen molar-refractivity contribution >= 4 is 11.6 Å². The molecule has 0 amide bonds. The molecule has 2 rings (SSSR count). The van der Waals surface area contributed by atoms with Crippen molar-refractivity contribution in [2.24, 2.45) is 0 Å². The van der Waals surface area contributed by atoms with E-state index < -0.39 is 0 Å². The first kappa shape index (κ1) is 11.7. The van der Waals surface area contributed by atoms with Gasteiger partial charge >= 0.3 is 0 Å². The third-order valence-electron chi connectivity index (χ3n) is 2.82. The molecule has 0 aromatic heterocycles. The van der Waals surface area contributed by atoms with Gasteiger partial charge in [-0.05, 0) is 38.8 Å². The molecule has 1 atom stereocenters. The number of hydrogen-bond donors (Lipinski definition) is 0. The summed E-state index contributed by atoms with van der Waals surface area (Å²) in [5.74, 6) is 0.734. The first-order chi connectivity index (χ1) is 7.57. The van der Waals surface area contributed by atoms with Crippen LogP contribution in [0.3, 0.4) is 0 Å². The maximum absolute atomic E-state index is 6.00. The van der Waals surface area contributed by atoms with E-state index in [0.717, 1.165) is 18.6 Å². The Kier molecular flexibility index (Phi) is 3.41. The number of ether oxygens (including phenoxy) is 2. The highest BCUT2D eigenvalue weighted by Crippen LogP contribution is 2.30. The van der Waals surface area contributed by atoms with Crippen LogP contribution in [0, 0.1) is 0 Å². The van der Waals surface area contributed by atoms with E-state index in [9.17, 15) is 0 Å². The van der Waals surface area contributed by atoms with Gasteiger partial charge in [-0.1, -0.05) is 23.7 Å². The Balaban J connectivity index is 1.87. The SMILES string of the molecule is CC1(C)CCC(COc2ccccc2Cl)O1. The molecule has 0 aliphatic carbocycles. The summed E-state index contributed by atoms with van der Waals surface area (Å²) in [6, 6.07) is 7.52. The van der Waals surface area contributed by atoms with E-state index >= 15 is 0 Å². The molecular formula is C13H17ClO2. The van der Waals surface area contributed by atoms with Gasteiger partial charge in [0.2, 0.25) is 0 Å². The van der Waals surface area contributed by atoms with Crippen LogP contribution in [-0.4, -0.2) is 18.3 Å². The second-order valence-corrected chi connectivity index (χ2v) is 5.19. The Hall–Kier alpha value is -0.730. The minimum Gasteiger partial charge on any atom is -0.489 e. The first-order valence-electron chi connectivity index (χ1n) is 5.62. The Bertz CT molecular complexity index is 363. The van der Waals surface area contributed by atoms with Gasteiger partial charge in [0, 0.05) is 0 Å². The normalized spacial score (nSPS) is 23.3. The molecule has 0 N–H and O–H groups in total. The highest BCUT2D eigenvalue weighted by molar-refractivity contribution is 6.32. The molecule has 88 valence electrons. The van der Waals surface area contributed by atoms with Crippen molar-refractivity contribution in [1.29, 1.82) is 0 Å². The molecule has 1 unspecified atom stereocenters. The van der Waals surface area contributed by atoms with Crippen molar-refractivity contribution < 1.29 is 9.47 Å². The molecule has 1 aliphatic heterocycles. The lowest BCUT2D eigenvalue weighted by atomic mass is 10.1. The van der Waals surface area contributed by atoms with Crippen LogP contribution in [0.5, 0.6) is 5.75 Å². The molecule has 0 radical (unpaired) electrons. The smallest absolute Gasteiger partial charge is 0.138 e. The van der Waals surface area contributed by atoms with Gasteiger partial charge in [-0.3, -0.25) is 0 Å². The van der Waals surface area contributed by atoms with Crippen molar-refractivity contribution in [2.75, 3.05) is 6.61 Å². The van der Waals surface area contributed by atoms with Gasteiger partial charge in [0.1, 0.15) is 12.4 Å². The first-order valence-corrected chi connectivity index (χ1v) is 6.00. The number of rotatable bonds is 3. The summed E-state index contributed by atoms with van der Waals surface area (Å²) in [6.45, 7) is 4.80. The van der Waals surface area contributed by atoms with E-state index in [1.165, 1.54) is 0 Å². The largest absolute Gasteiger partial charge is 0.489 e. The summed E-state index contributed by atoms with van der Waals surface area (Å²) in [7, 11) is 0. The Morgan fingerprint density at radius 2 is 2.19 bits per heavy atom. The molecule has 1 fully saturated rings. The summed E-state index contributed by atoms with van der Waals surface area (Å²) in [5.41, 5.74) is -0.00545. The molecule has 2 nitrogen and oxygen atoms in total. The Morgan fingerprint density at radius 3 is 2.81 bits per heavy atom. The fraction of sp³-hybridized carbons (Fsp3) is 0.538. The van der Waals surface area contributed by atoms with Crippen molar-refractivity contribution in [3.63, 3.8) is 0 Å². The predicted octanol–water partition coefficient (Wildman–Crippen LogP) is 3.68. The molecule has 1 heterocycles. The van der Waals surface area contributed by atoms with E-state index in [4.69, 9.17) is 21.1 Å². The fourth-order valence-corrected chi connectivity index (χ4v) is 2.13. The van der Waals surface area contributed by atoms with Gasteiger partial charge < -0.3 is 9.47 Å². The van der Waals surface area contributed by atoms with E-state index in [1.54, 1.807) is 0 Å². The lowest BCUT2D eigenvalue weighted by Crippen LogP contribution is -2.23. The molecule has 0 spiro atoms. The van der Waals surface area contributed by atoms with E-state index in [1.807, 2.05) is 24.3 Å². The second-order valence-electron chi connectivity index (χ2n) is 4.78. The third kappa shape index (κ3) is 2.89. The average molecular weight is 241 g/mol. The van der Waals surface area contributed by atoms with Gasteiger partial charge in [-0.2, -0.15) is 0 Å². The topological polar surface area (TPSA) is 18.5 Å². The molecule has 0 bridgehead atoms. The zero-order valence-electron chi connectivity index (χ0n) is 9.70. The standard InChI is InChI=1S/C13H17ClO2/c1-13(2)8-7-10(16-13)9-15-12-6-4-3-5-11(12)14/h3-6,10H,7-9H2,1-2H3. The maximum atomic E-state index is 6.00. The lowest BCUT2D eigenvalue weighted by molar-refractivity contribution is -0.0326. The van der Waals surface area contributed by atoms with Crippen LogP contribution in [0.15, 0.2) is 24.3 Å². The van der Waals surface area contributed by atoms with Crippen LogP contribution in [-0.2, 0) is 4.74 Å². The molecule has 0 saturated carbocycles. The zero-order valence-corrected chi connectivity index (χ0v) is 10.5. The summed E-state index contributed by atoms with van der Waals surface area (Å²) in [4.78, 5) is 0. The molecule has 1 saturated heterocycles. The van der Waals surface area contributed by atoms with Crippen molar-refractivity contribution in [1.82, 2.24) is 0 Å². The van der Waals surface area contributed by atoms with Crippen molar-refractivity contribution in [2.45, 2.75) is 38.4 Å². The van der Waals surface area contributed by atoms with E-state index in [2.05, 4.69) is 13.8 Å². The van der Waals surface area contributed by atoms with Gasteiger partial charge in [0.15, 0.2) is 0 Å². The van der Waals surface area contributed by atoms with Crippen LogP contribution >= 0.6 is 11.6 Å². The summed E-state index contributed by atoms with van der Waals surface area (Å²) >= 11 is 6.00. The Morgan fingerprint density at radius 1 is 1.44 bits per heavy atom. The molecule has 1 aromatic rings.